The number of rotatable bonds is 6. The molecule has 0 radical (unpaired) electrons. The average molecular weight is 597 g/mol. The zero-order valence-electron chi connectivity index (χ0n) is 23.7. The molecular formula is C30H35F3N8O2. The van der Waals surface area contributed by atoms with E-state index in [9.17, 15) is 23.1 Å². The number of aliphatic hydroxyl groups is 1. The Hall–Kier alpha value is -3.71. The summed E-state index contributed by atoms with van der Waals surface area (Å²) in [7, 11) is 0. The Bertz CT molecular complexity index is 1390. The number of pyridine rings is 1. The quantitative estimate of drug-likeness (QED) is 0.440. The van der Waals surface area contributed by atoms with Crippen molar-refractivity contribution in [2.75, 3.05) is 31.1 Å². The Morgan fingerprint density at radius 2 is 1.67 bits per heavy atom. The lowest BCUT2D eigenvalue weighted by Crippen LogP contribution is -2.46. The van der Waals surface area contributed by atoms with Crippen LogP contribution in [0.15, 0.2) is 49.2 Å². The Morgan fingerprint density at radius 1 is 0.930 bits per heavy atom. The van der Waals surface area contributed by atoms with Crippen molar-refractivity contribution in [3.63, 3.8) is 0 Å². The third kappa shape index (κ3) is 6.62. The molecule has 0 spiro atoms. The van der Waals surface area contributed by atoms with Crippen molar-refractivity contribution in [1.29, 1.82) is 0 Å². The average Bonchev–Trinajstić information content (AvgIpc) is 3.51. The van der Waals surface area contributed by atoms with Gasteiger partial charge >= 0.3 is 6.18 Å². The van der Waals surface area contributed by atoms with Crippen molar-refractivity contribution < 1.29 is 23.1 Å². The number of hydrogen-bond acceptors (Lipinski definition) is 9. The van der Waals surface area contributed by atoms with Crippen LogP contribution in [-0.2, 0) is 16.6 Å². The summed E-state index contributed by atoms with van der Waals surface area (Å²) in [6, 6.07) is 6.95. The van der Waals surface area contributed by atoms with Crippen molar-refractivity contribution in [1.82, 2.24) is 35.1 Å². The second-order valence-corrected chi connectivity index (χ2v) is 11.8. The molecule has 0 aromatic carbocycles. The summed E-state index contributed by atoms with van der Waals surface area (Å²) in [5.74, 6) is 0.774. The molecule has 1 saturated carbocycles. The normalized spacial score (nSPS) is 25.2. The maximum absolute atomic E-state index is 13.3. The number of piperidine rings is 1. The van der Waals surface area contributed by atoms with Crippen LogP contribution in [0.2, 0.25) is 0 Å². The van der Waals surface area contributed by atoms with Gasteiger partial charge in [-0.15, -0.1) is 0 Å². The first-order valence-corrected chi connectivity index (χ1v) is 14.8. The van der Waals surface area contributed by atoms with Gasteiger partial charge in [0, 0.05) is 74.4 Å². The lowest BCUT2D eigenvalue weighted by atomic mass is 9.78. The molecule has 2 aliphatic heterocycles. The van der Waals surface area contributed by atoms with Gasteiger partial charge in [0.05, 0.1) is 5.60 Å². The third-order valence-electron chi connectivity index (χ3n) is 8.99. The summed E-state index contributed by atoms with van der Waals surface area (Å²) < 4.78 is 39.1. The second kappa shape index (κ2) is 12.1. The van der Waals surface area contributed by atoms with E-state index in [0.29, 0.717) is 63.4 Å². The first kappa shape index (κ1) is 29.4. The lowest BCUT2D eigenvalue weighted by molar-refractivity contribution is -0.141. The Balaban J connectivity index is 0.955. The maximum Gasteiger partial charge on any atom is 0.433 e. The maximum atomic E-state index is 13.3. The van der Waals surface area contributed by atoms with Gasteiger partial charge in [-0.3, -0.25) is 9.78 Å². The van der Waals surface area contributed by atoms with Gasteiger partial charge in [0.1, 0.15) is 23.5 Å². The Morgan fingerprint density at radius 3 is 2.35 bits per heavy atom. The number of anilines is 1. The Kier molecular flexibility index (Phi) is 8.27. The minimum absolute atomic E-state index is 0.123. The summed E-state index contributed by atoms with van der Waals surface area (Å²) >= 11 is 0. The highest BCUT2D eigenvalue weighted by molar-refractivity contribution is 5.79. The van der Waals surface area contributed by atoms with Crippen LogP contribution in [0.3, 0.4) is 0 Å². The largest absolute Gasteiger partial charge is 0.433 e. The minimum atomic E-state index is -4.52. The standard InChI is InChI=1S/C30H35F3N8O2/c31-30(32,33)25-16-26(38-19-37-25)40-13-6-20(7-14-40)28(42)41-15-8-23(18-41)39-22-4-9-29(43,10-5-22)21-2-3-24(36-17-21)27-34-11-1-12-35-27/h1-3,11-12,16-17,19-20,22-23,39,43H,4-10,13-15,18H2/t22?,23-,29?/m0/s1. The zero-order valence-corrected chi connectivity index (χ0v) is 23.7. The topological polar surface area (TPSA) is 120 Å². The van der Waals surface area contributed by atoms with E-state index in [1.54, 1.807) is 29.6 Å². The van der Waals surface area contributed by atoms with Crippen LogP contribution in [0.5, 0.6) is 0 Å². The van der Waals surface area contributed by atoms with E-state index in [1.807, 2.05) is 17.0 Å². The van der Waals surface area contributed by atoms with Gasteiger partial charge in [-0.05, 0) is 57.1 Å². The molecule has 13 heteroatoms. The second-order valence-electron chi connectivity index (χ2n) is 11.8. The predicted octanol–water partition coefficient (Wildman–Crippen LogP) is 3.58. The summed E-state index contributed by atoms with van der Waals surface area (Å²) in [6.07, 6.45) is 6.40. The Labute approximate surface area is 247 Å². The van der Waals surface area contributed by atoms with Crippen molar-refractivity contribution in [2.45, 2.75) is 68.8 Å². The molecule has 2 N–H and O–H groups in total. The molecule has 3 aromatic rings. The first-order valence-electron chi connectivity index (χ1n) is 14.8. The van der Waals surface area contributed by atoms with E-state index < -0.39 is 17.5 Å². The molecule has 2 saturated heterocycles. The van der Waals surface area contributed by atoms with Crippen LogP contribution in [0.25, 0.3) is 11.5 Å². The fourth-order valence-corrected chi connectivity index (χ4v) is 6.50. The third-order valence-corrected chi connectivity index (χ3v) is 8.99. The molecule has 0 bridgehead atoms. The van der Waals surface area contributed by atoms with Crippen molar-refractivity contribution >= 4 is 11.7 Å². The molecule has 5 heterocycles. The molecule has 3 aromatic heterocycles. The van der Waals surface area contributed by atoms with E-state index >= 15 is 0 Å². The summed E-state index contributed by atoms with van der Waals surface area (Å²) in [4.78, 5) is 37.3. The predicted molar refractivity (Wildman–Crippen MR) is 152 cm³/mol. The molecule has 3 aliphatic rings. The zero-order chi connectivity index (χ0) is 30.0. The molecule has 228 valence electrons. The van der Waals surface area contributed by atoms with E-state index in [4.69, 9.17) is 0 Å². The number of aromatic nitrogens is 5. The van der Waals surface area contributed by atoms with Crippen LogP contribution in [0.1, 0.15) is 56.2 Å². The van der Waals surface area contributed by atoms with E-state index in [0.717, 1.165) is 37.2 Å². The highest BCUT2D eigenvalue weighted by Gasteiger charge is 2.38. The van der Waals surface area contributed by atoms with Gasteiger partial charge in [-0.2, -0.15) is 13.2 Å². The smallest absolute Gasteiger partial charge is 0.385 e. The van der Waals surface area contributed by atoms with E-state index in [2.05, 4.69) is 30.2 Å². The molecule has 1 atom stereocenters. The van der Waals surface area contributed by atoms with Crippen molar-refractivity contribution in [3.05, 3.63) is 60.4 Å². The summed E-state index contributed by atoms with van der Waals surface area (Å²) in [5, 5.41) is 15.1. The van der Waals surface area contributed by atoms with E-state index in [1.165, 1.54) is 0 Å². The number of amides is 1. The number of alkyl halides is 3. The number of nitrogens with one attached hydrogen (secondary N) is 1. The number of hydrogen-bond donors (Lipinski definition) is 2. The van der Waals surface area contributed by atoms with Crippen molar-refractivity contribution in [3.8, 4) is 11.5 Å². The molecule has 3 fully saturated rings. The molecule has 10 nitrogen and oxygen atoms in total. The van der Waals surface area contributed by atoms with Gasteiger partial charge in [0.2, 0.25) is 5.91 Å². The first-order chi connectivity index (χ1) is 20.7. The monoisotopic (exact) mass is 596 g/mol. The van der Waals surface area contributed by atoms with Crippen molar-refractivity contribution in [2.24, 2.45) is 5.92 Å². The molecule has 43 heavy (non-hydrogen) atoms. The van der Waals surface area contributed by atoms with Gasteiger partial charge in [0.15, 0.2) is 5.82 Å². The number of carbonyl (C=O) groups is 1. The van der Waals surface area contributed by atoms with Gasteiger partial charge in [-0.25, -0.2) is 19.9 Å². The molecule has 6 rings (SSSR count). The highest BCUT2D eigenvalue weighted by Crippen LogP contribution is 2.38. The van der Waals surface area contributed by atoms with Gasteiger partial charge in [0.25, 0.3) is 0 Å². The summed E-state index contributed by atoms with van der Waals surface area (Å²) in [6.45, 7) is 2.29. The molecule has 1 aliphatic carbocycles. The number of likely N-dealkylation sites (tertiary alicyclic amines) is 1. The highest BCUT2D eigenvalue weighted by atomic mass is 19.4. The van der Waals surface area contributed by atoms with Crippen LogP contribution in [0.4, 0.5) is 19.0 Å². The molecule has 1 amide bonds. The van der Waals surface area contributed by atoms with E-state index in [-0.39, 0.29) is 29.7 Å². The summed E-state index contributed by atoms with van der Waals surface area (Å²) in [5.41, 5.74) is -0.415. The number of carbonyl (C=O) groups excluding carboxylic acids is 1. The SMILES string of the molecule is O=C(C1CCN(c2cc(C(F)(F)F)ncn2)CC1)N1CC[C@H](NC2CCC(O)(c3ccc(-c4ncccn4)nc3)CC2)C1. The fraction of sp³-hybridized carbons (Fsp3) is 0.533. The number of halogens is 3. The van der Waals surface area contributed by atoms with Crippen LogP contribution >= 0.6 is 0 Å². The lowest BCUT2D eigenvalue weighted by Gasteiger charge is -2.37. The van der Waals surface area contributed by atoms with Crippen LogP contribution in [-0.4, -0.2) is 79.1 Å². The minimum Gasteiger partial charge on any atom is -0.385 e. The van der Waals surface area contributed by atoms with Crippen LogP contribution in [0, 0.1) is 5.92 Å². The fourth-order valence-electron chi connectivity index (χ4n) is 6.50. The number of nitrogens with zero attached hydrogens (tertiary/aromatic N) is 7. The van der Waals surface area contributed by atoms with Gasteiger partial charge in [-0.1, -0.05) is 6.07 Å². The molecular weight excluding hydrogens is 561 g/mol. The van der Waals surface area contributed by atoms with Gasteiger partial charge < -0.3 is 20.2 Å². The van der Waals surface area contributed by atoms with Crippen LogP contribution < -0.4 is 10.2 Å². The molecule has 0 unspecified atom stereocenters.